The molecule has 2 rings (SSSR count). The minimum absolute atomic E-state index is 0.0435. The third kappa shape index (κ3) is 3.66. The van der Waals surface area contributed by atoms with Crippen molar-refractivity contribution in [1.29, 1.82) is 0 Å². The standard InChI is InChI=1S/C11H9ClN4O4S/c12-8-3-5-9(6-4-8)21(19,20)15-14-11-10(16(17)18)2-1-7-13-11/h1-7,15H,(H,13,14). The fourth-order valence-electron chi connectivity index (χ4n) is 1.43. The summed E-state index contributed by atoms with van der Waals surface area (Å²) in [7, 11) is -3.90. The maximum Gasteiger partial charge on any atom is 0.312 e. The van der Waals surface area contributed by atoms with E-state index in [2.05, 4.69) is 10.4 Å². The fourth-order valence-corrected chi connectivity index (χ4v) is 2.40. The number of nitro groups is 1. The average Bonchev–Trinajstić information content (AvgIpc) is 2.46. The van der Waals surface area contributed by atoms with Gasteiger partial charge < -0.3 is 0 Å². The van der Waals surface area contributed by atoms with Crippen molar-refractivity contribution in [3.05, 3.63) is 57.7 Å². The predicted molar refractivity (Wildman–Crippen MR) is 76.3 cm³/mol. The van der Waals surface area contributed by atoms with Crippen LogP contribution < -0.4 is 10.3 Å². The van der Waals surface area contributed by atoms with E-state index in [4.69, 9.17) is 11.6 Å². The van der Waals surface area contributed by atoms with Crippen LogP contribution in [-0.4, -0.2) is 18.3 Å². The van der Waals surface area contributed by atoms with Crippen LogP contribution >= 0.6 is 11.6 Å². The molecule has 10 heteroatoms. The zero-order valence-electron chi connectivity index (χ0n) is 10.4. The molecule has 8 nitrogen and oxygen atoms in total. The Hall–Kier alpha value is -2.23. The number of hydrogen-bond donors (Lipinski definition) is 2. The monoisotopic (exact) mass is 328 g/mol. The van der Waals surface area contributed by atoms with Crippen molar-refractivity contribution in [2.24, 2.45) is 0 Å². The van der Waals surface area contributed by atoms with Crippen molar-refractivity contribution in [2.45, 2.75) is 4.90 Å². The van der Waals surface area contributed by atoms with Crippen molar-refractivity contribution < 1.29 is 13.3 Å². The second-order valence-corrected chi connectivity index (χ2v) is 5.93. The summed E-state index contributed by atoms with van der Waals surface area (Å²) in [5.74, 6) is -0.208. The van der Waals surface area contributed by atoms with E-state index in [9.17, 15) is 18.5 Å². The van der Waals surface area contributed by atoms with E-state index in [1.54, 1.807) is 0 Å². The van der Waals surface area contributed by atoms with Crippen LogP contribution in [0.1, 0.15) is 0 Å². The van der Waals surface area contributed by atoms with Crippen LogP contribution in [0.4, 0.5) is 11.5 Å². The molecule has 0 aliphatic rings. The number of hydrazine groups is 1. The van der Waals surface area contributed by atoms with Gasteiger partial charge in [0.05, 0.1) is 9.82 Å². The molecule has 2 aromatic rings. The third-order valence-electron chi connectivity index (χ3n) is 2.41. The molecule has 1 heterocycles. The summed E-state index contributed by atoms with van der Waals surface area (Å²) in [5, 5.41) is 11.2. The van der Waals surface area contributed by atoms with Gasteiger partial charge in [-0.15, -0.1) is 4.83 Å². The molecule has 0 fully saturated rings. The Balaban J connectivity index is 2.19. The number of anilines is 1. The minimum Gasteiger partial charge on any atom is -0.286 e. The van der Waals surface area contributed by atoms with Crippen LogP contribution in [0.2, 0.25) is 5.02 Å². The molecule has 110 valence electrons. The van der Waals surface area contributed by atoms with E-state index in [1.165, 1.54) is 42.6 Å². The van der Waals surface area contributed by atoms with Crippen LogP contribution in [0.15, 0.2) is 47.5 Å². The SMILES string of the molecule is O=[N+]([O-])c1cccnc1NNS(=O)(=O)c1ccc(Cl)cc1. The molecule has 1 aromatic heterocycles. The highest BCUT2D eigenvalue weighted by atomic mass is 35.5. The second kappa shape index (κ2) is 6.04. The van der Waals surface area contributed by atoms with Gasteiger partial charge in [-0.25, -0.2) is 13.4 Å². The molecule has 1 aromatic carbocycles. The van der Waals surface area contributed by atoms with E-state index in [0.29, 0.717) is 5.02 Å². The van der Waals surface area contributed by atoms with E-state index in [1.807, 2.05) is 4.83 Å². The fraction of sp³-hybridized carbons (Fsp3) is 0. The predicted octanol–water partition coefficient (Wildman–Crippen LogP) is 1.95. The first-order valence-corrected chi connectivity index (χ1v) is 7.39. The van der Waals surface area contributed by atoms with Crippen LogP contribution in [0.3, 0.4) is 0 Å². The number of rotatable bonds is 5. The summed E-state index contributed by atoms with van der Waals surface area (Å²) in [4.78, 5) is 15.8. The molecule has 0 spiro atoms. The second-order valence-electron chi connectivity index (χ2n) is 3.81. The third-order valence-corrected chi connectivity index (χ3v) is 3.93. The first-order valence-electron chi connectivity index (χ1n) is 5.53. The summed E-state index contributed by atoms with van der Waals surface area (Å²) in [6.07, 6.45) is 1.30. The molecule has 0 atom stereocenters. The molecule has 0 unspecified atom stereocenters. The van der Waals surface area contributed by atoms with Gasteiger partial charge in [-0.3, -0.25) is 15.5 Å². The molecular weight excluding hydrogens is 320 g/mol. The number of pyridine rings is 1. The lowest BCUT2D eigenvalue weighted by Gasteiger charge is -2.08. The molecule has 0 saturated carbocycles. The lowest BCUT2D eigenvalue weighted by Crippen LogP contribution is -2.30. The average molecular weight is 329 g/mol. The zero-order chi connectivity index (χ0) is 15.5. The van der Waals surface area contributed by atoms with Crippen molar-refractivity contribution in [1.82, 2.24) is 9.82 Å². The maximum absolute atomic E-state index is 12.0. The Morgan fingerprint density at radius 2 is 1.86 bits per heavy atom. The molecule has 0 aliphatic heterocycles. The normalized spacial score (nSPS) is 11.1. The van der Waals surface area contributed by atoms with Gasteiger partial charge in [0.15, 0.2) is 0 Å². The van der Waals surface area contributed by atoms with Gasteiger partial charge in [-0.1, -0.05) is 11.6 Å². The van der Waals surface area contributed by atoms with Crippen molar-refractivity contribution in [3.8, 4) is 0 Å². The summed E-state index contributed by atoms with van der Waals surface area (Å²) in [5.41, 5.74) is 1.87. The molecule has 2 N–H and O–H groups in total. The maximum atomic E-state index is 12.0. The Morgan fingerprint density at radius 1 is 1.19 bits per heavy atom. The van der Waals surface area contributed by atoms with E-state index in [-0.39, 0.29) is 16.4 Å². The molecule has 0 aliphatic carbocycles. The van der Waals surface area contributed by atoms with Crippen LogP contribution in [0.25, 0.3) is 0 Å². The van der Waals surface area contributed by atoms with Gasteiger partial charge in [0.2, 0.25) is 5.82 Å². The summed E-state index contributed by atoms with van der Waals surface area (Å²) in [6.45, 7) is 0. The van der Waals surface area contributed by atoms with Crippen molar-refractivity contribution in [2.75, 3.05) is 5.43 Å². The topological polar surface area (TPSA) is 114 Å². The molecule has 0 saturated heterocycles. The molecule has 0 amide bonds. The van der Waals surface area contributed by atoms with E-state index >= 15 is 0 Å². The van der Waals surface area contributed by atoms with Crippen LogP contribution in [0.5, 0.6) is 0 Å². The quantitative estimate of drug-likeness (QED) is 0.640. The van der Waals surface area contributed by atoms with Gasteiger partial charge in [0, 0.05) is 17.3 Å². The Bertz CT molecular complexity index is 764. The zero-order valence-corrected chi connectivity index (χ0v) is 11.9. The number of sulfonamides is 1. The van der Waals surface area contributed by atoms with E-state index < -0.39 is 14.9 Å². The Morgan fingerprint density at radius 3 is 2.48 bits per heavy atom. The number of halogens is 1. The molecule has 0 bridgehead atoms. The van der Waals surface area contributed by atoms with Gasteiger partial charge in [-0.2, -0.15) is 0 Å². The molecular formula is C11H9ClN4O4S. The number of nitrogens with zero attached hydrogens (tertiary/aromatic N) is 2. The number of hydrogen-bond acceptors (Lipinski definition) is 6. The lowest BCUT2D eigenvalue weighted by molar-refractivity contribution is -0.384. The smallest absolute Gasteiger partial charge is 0.286 e. The van der Waals surface area contributed by atoms with Crippen molar-refractivity contribution in [3.63, 3.8) is 0 Å². The first kappa shape index (κ1) is 15.2. The highest BCUT2D eigenvalue weighted by molar-refractivity contribution is 7.89. The number of aromatic nitrogens is 1. The summed E-state index contributed by atoms with van der Waals surface area (Å²) in [6, 6.07) is 8.01. The van der Waals surface area contributed by atoms with E-state index in [0.717, 1.165) is 0 Å². The van der Waals surface area contributed by atoms with Gasteiger partial charge in [0.1, 0.15) is 0 Å². The van der Waals surface area contributed by atoms with Gasteiger partial charge in [-0.05, 0) is 30.3 Å². The summed E-state index contributed by atoms with van der Waals surface area (Å²) < 4.78 is 24.0. The minimum atomic E-state index is -3.90. The van der Waals surface area contributed by atoms with Crippen molar-refractivity contribution >= 4 is 33.1 Å². The van der Waals surface area contributed by atoms with Crippen LogP contribution in [-0.2, 0) is 10.0 Å². The first-order chi connectivity index (χ1) is 9.90. The lowest BCUT2D eigenvalue weighted by atomic mass is 10.4. The van der Waals surface area contributed by atoms with Crippen LogP contribution in [0, 0.1) is 10.1 Å². The molecule has 0 radical (unpaired) electrons. The number of benzene rings is 1. The molecule has 21 heavy (non-hydrogen) atoms. The Kier molecular flexibility index (Phi) is 4.36. The van der Waals surface area contributed by atoms with Gasteiger partial charge >= 0.3 is 5.69 Å². The number of nitrogens with one attached hydrogen (secondary N) is 2. The highest BCUT2D eigenvalue weighted by Crippen LogP contribution is 2.20. The highest BCUT2D eigenvalue weighted by Gasteiger charge is 2.18. The van der Waals surface area contributed by atoms with Gasteiger partial charge in [0.25, 0.3) is 10.0 Å². The Labute approximate surface area is 124 Å². The largest absolute Gasteiger partial charge is 0.312 e. The summed E-state index contributed by atoms with van der Waals surface area (Å²) >= 11 is 5.67.